The lowest BCUT2D eigenvalue weighted by atomic mass is 9.94. The average Bonchev–Trinajstić information content (AvgIpc) is 2.55. The quantitative estimate of drug-likeness (QED) is 0.468. The van der Waals surface area contributed by atoms with E-state index < -0.39 is 4.92 Å². The number of rotatable bonds is 3. The van der Waals surface area contributed by atoms with E-state index in [1.54, 1.807) is 12.1 Å². The third-order valence-corrected chi connectivity index (χ3v) is 3.69. The SMILES string of the molecule is O=[N+]([O-])c1cc(Cl)ccc1-c1ccccc1-c1ccccc1. The molecule has 0 N–H and O–H groups in total. The second-order valence-corrected chi connectivity index (χ2v) is 5.27. The number of nitrogens with zero attached hydrogens (tertiary/aromatic N) is 1. The highest BCUT2D eigenvalue weighted by molar-refractivity contribution is 6.31. The van der Waals surface area contributed by atoms with Crippen LogP contribution in [-0.2, 0) is 0 Å². The molecule has 0 amide bonds. The Hall–Kier alpha value is -2.65. The average molecular weight is 310 g/mol. The first-order valence-corrected chi connectivity index (χ1v) is 7.13. The molecule has 0 heterocycles. The van der Waals surface area contributed by atoms with Gasteiger partial charge in [0.05, 0.1) is 10.5 Å². The summed E-state index contributed by atoms with van der Waals surface area (Å²) < 4.78 is 0. The van der Waals surface area contributed by atoms with E-state index in [0.717, 1.165) is 16.7 Å². The third kappa shape index (κ3) is 2.71. The number of hydrogen-bond acceptors (Lipinski definition) is 2. The van der Waals surface area contributed by atoms with Crippen LogP contribution in [0.3, 0.4) is 0 Å². The van der Waals surface area contributed by atoms with Gasteiger partial charge in [-0.1, -0.05) is 66.2 Å². The van der Waals surface area contributed by atoms with E-state index in [-0.39, 0.29) is 5.69 Å². The topological polar surface area (TPSA) is 43.1 Å². The number of halogens is 1. The number of nitro benzene ring substituents is 1. The highest BCUT2D eigenvalue weighted by Crippen LogP contribution is 2.38. The Bertz CT molecular complexity index is 832. The van der Waals surface area contributed by atoms with Crippen LogP contribution in [0.1, 0.15) is 0 Å². The lowest BCUT2D eigenvalue weighted by molar-refractivity contribution is -0.384. The van der Waals surface area contributed by atoms with Crippen molar-refractivity contribution >= 4 is 17.3 Å². The van der Waals surface area contributed by atoms with Gasteiger partial charge in [-0.05, 0) is 28.8 Å². The Kier molecular flexibility index (Phi) is 3.90. The third-order valence-electron chi connectivity index (χ3n) is 3.46. The van der Waals surface area contributed by atoms with Crippen molar-refractivity contribution in [3.63, 3.8) is 0 Å². The Balaban J connectivity index is 2.25. The fourth-order valence-electron chi connectivity index (χ4n) is 2.47. The van der Waals surface area contributed by atoms with Crippen LogP contribution in [0.15, 0.2) is 72.8 Å². The summed E-state index contributed by atoms with van der Waals surface area (Å²) >= 11 is 5.90. The molecule has 0 saturated heterocycles. The molecule has 0 radical (unpaired) electrons. The second-order valence-electron chi connectivity index (χ2n) is 4.83. The summed E-state index contributed by atoms with van der Waals surface area (Å²) in [6, 6.07) is 22.2. The van der Waals surface area contributed by atoms with Crippen molar-refractivity contribution in [1.29, 1.82) is 0 Å². The molecule has 0 spiro atoms. The lowest BCUT2D eigenvalue weighted by Crippen LogP contribution is -1.93. The molecule has 3 aromatic carbocycles. The minimum atomic E-state index is -0.400. The molecule has 0 atom stereocenters. The van der Waals surface area contributed by atoms with Gasteiger partial charge in [0, 0.05) is 11.1 Å². The van der Waals surface area contributed by atoms with Gasteiger partial charge in [-0.3, -0.25) is 10.1 Å². The zero-order chi connectivity index (χ0) is 15.5. The van der Waals surface area contributed by atoms with E-state index in [9.17, 15) is 10.1 Å². The Morgan fingerprint density at radius 2 is 1.41 bits per heavy atom. The van der Waals surface area contributed by atoms with E-state index in [2.05, 4.69) is 0 Å². The van der Waals surface area contributed by atoms with E-state index in [0.29, 0.717) is 10.6 Å². The largest absolute Gasteiger partial charge is 0.278 e. The molecule has 0 unspecified atom stereocenters. The van der Waals surface area contributed by atoms with Crippen LogP contribution >= 0.6 is 11.6 Å². The maximum Gasteiger partial charge on any atom is 0.278 e. The van der Waals surface area contributed by atoms with E-state index >= 15 is 0 Å². The molecule has 0 fully saturated rings. The van der Waals surface area contributed by atoms with Crippen LogP contribution in [0.2, 0.25) is 5.02 Å². The van der Waals surface area contributed by atoms with Gasteiger partial charge in [0.25, 0.3) is 5.69 Å². The predicted molar refractivity (Wildman–Crippen MR) is 89.0 cm³/mol. The Morgan fingerprint density at radius 3 is 2.09 bits per heavy atom. The molecular formula is C18H12ClNO2. The highest BCUT2D eigenvalue weighted by atomic mass is 35.5. The first-order valence-electron chi connectivity index (χ1n) is 6.75. The molecule has 0 aliphatic heterocycles. The van der Waals surface area contributed by atoms with Crippen LogP contribution < -0.4 is 0 Å². The molecule has 0 aliphatic rings. The monoisotopic (exact) mass is 309 g/mol. The Morgan fingerprint density at radius 1 is 0.773 bits per heavy atom. The van der Waals surface area contributed by atoms with Gasteiger partial charge in [-0.15, -0.1) is 0 Å². The smallest absolute Gasteiger partial charge is 0.258 e. The summed E-state index contributed by atoms with van der Waals surface area (Å²) in [5.41, 5.74) is 3.36. The van der Waals surface area contributed by atoms with Gasteiger partial charge in [0.15, 0.2) is 0 Å². The standard InChI is InChI=1S/C18H12ClNO2/c19-14-10-11-17(18(12-14)20(21)22)16-9-5-4-8-15(16)13-6-2-1-3-7-13/h1-12H. The second kappa shape index (κ2) is 6.00. The van der Waals surface area contributed by atoms with E-state index in [1.807, 2.05) is 54.6 Å². The van der Waals surface area contributed by atoms with Crippen LogP contribution in [0.25, 0.3) is 22.3 Å². The van der Waals surface area contributed by atoms with Crippen molar-refractivity contribution in [2.24, 2.45) is 0 Å². The van der Waals surface area contributed by atoms with Crippen LogP contribution in [-0.4, -0.2) is 4.92 Å². The zero-order valence-corrected chi connectivity index (χ0v) is 12.3. The maximum absolute atomic E-state index is 11.3. The molecule has 3 nitrogen and oxygen atoms in total. The van der Waals surface area contributed by atoms with Crippen molar-refractivity contribution in [2.75, 3.05) is 0 Å². The minimum absolute atomic E-state index is 0.0101. The molecular weight excluding hydrogens is 298 g/mol. The fraction of sp³-hybridized carbons (Fsp3) is 0. The van der Waals surface area contributed by atoms with Crippen molar-refractivity contribution in [1.82, 2.24) is 0 Å². The van der Waals surface area contributed by atoms with Gasteiger partial charge < -0.3 is 0 Å². The van der Waals surface area contributed by atoms with Gasteiger partial charge in [0.1, 0.15) is 0 Å². The maximum atomic E-state index is 11.3. The molecule has 22 heavy (non-hydrogen) atoms. The summed E-state index contributed by atoms with van der Waals surface area (Å²) in [4.78, 5) is 10.9. The summed E-state index contributed by atoms with van der Waals surface area (Å²) in [7, 11) is 0. The summed E-state index contributed by atoms with van der Waals surface area (Å²) in [5, 5.41) is 11.7. The summed E-state index contributed by atoms with van der Waals surface area (Å²) in [6.45, 7) is 0. The summed E-state index contributed by atoms with van der Waals surface area (Å²) in [6.07, 6.45) is 0. The minimum Gasteiger partial charge on any atom is -0.258 e. The molecule has 0 aromatic heterocycles. The first kappa shape index (κ1) is 14.3. The van der Waals surface area contributed by atoms with Gasteiger partial charge >= 0.3 is 0 Å². The zero-order valence-electron chi connectivity index (χ0n) is 11.6. The van der Waals surface area contributed by atoms with E-state index in [1.165, 1.54) is 6.07 Å². The van der Waals surface area contributed by atoms with Gasteiger partial charge in [0.2, 0.25) is 0 Å². The number of hydrogen-bond donors (Lipinski definition) is 0. The molecule has 0 bridgehead atoms. The van der Waals surface area contributed by atoms with Crippen LogP contribution in [0.4, 0.5) is 5.69 Å². The Labute approximate surface area is 133 Å². The first-order chi connectivity index (χ1) is 10.7. The normalized spacial score (nSPS) is 10.4. The molecule has 3 rings (SSSR count). The number of nitro groups is 1. The van der Waals surface area contributed by atoms with Gasteiger partial charge in [-0.25, -0.2) is 0 Å². The van der Waals surface area contributed by atoms with Crippen LogP contribution in [0, 0.1) is 10.1 Å². The molecule has 0 aliphatic carbocycles. The van der Waals surface area contributed by atoms with Crippen molar-refractivity contribution in [2.45, 2.75) is 0 Å². The van der Waals surface area contributed by atoms with E-state index in [4.69, 9.17) is 11.6 Å². The molecule has 108 valence electrons. The lowest BCUT2D eigenvalue weighted by Gasteiger charge is -2.10. The molecule has 3 aromatic rings. The molecule has 4 heteroatoms. The van der Waals surface area contributed by atoms with Crippen molar-refractivity contribution < 1.29 is 4.92 Å². The molecule has 0 saturated carbocycles. The highest BCUT2D eigenvalue weighted by Gasteiger charge is 2.18. The van der Waals surface area contributed by atoms with Crippen molar-refractivity contribution in [3.8, 4) is 22.3 Å². The fourth-order valence-corrected chi connectivity index (χ4v) is 2.64. The predicted octanol–water partition coefficient (Wildman–Crippen LogP) is 5.58. The van der Waals surface area contributed by atoms with Crippen LogP contribution in [0.5, 0.6) is 0 Å². The van der Waals surface area contributed by atoms with Crippen molar-refractivity contribution in [3.05, 3.63) is 87.9 Å². The summed E-state index contributed by atoms with van der Waals surface area (Å²) in [5.74, 6) is 0. The van der Waals surface area contributed by atoms with Gasteiger partial charge in [-0.2, -0.15) is 0 Å². The number of benzene rings is 3.